The second kappa shape index (κ2) is 3.22. The van der Waals surface area contributed by atoms with Crippen LogP contribution in [0.2, 0.25) is 0 Å². The van der Waals surface area contributed by atoms with Crippen molar-refractivity contribution in [1.82, 2.24) is 10.3 Å². The highest BCUT2D eigenvalue weighted by atomic mass is 19.4. The first-order chi connectivity index (χ1) is 4.79. The van der Waals surface area contributed by atoms with Crippen LogP contribution in [0.15, 0.2) is 24.4 Å². The van der Waals surface area contributed by atoms with E-state index in [4.69, 9.17) is 0 Å². The fourth-order valence-corrected chi connectivity index (χ4v) is 0.614. The lowest BCUT2D eigenvalue weighted by Crippen LogP contribution is -2.01. The second-order valence-electron chi connectivity index (χ2n) is 1.78. The molecule has 0 saturated heterocycles. The van der Waals surface area contributed by atoms with Gasteiger partial charge in [-0.3, -0.25) is 4.98 Å². The van der Waals surface area contributed by atoms with E-state index in [2.05, 4.69) is 4.98 Å². The number of hydrogen-bond donors (Lipinski definition) is 0. The van der Waals surface area contributed by atoms with Crippen LogP contribution in [0.1, 0.15) is 5.69 Å². The lowest BCUT2D eigenvalue weighted by molar-refractivity contribution is -0.162. The second-order valence-corrected chi connectivity index (χ2v) is 1.78. The zero-order chi connectivity index (χ0) is 7.40. The summed E-state index contributed by atoms with van der Waals surface area (Å²) < 4.78 is 23.0. The van der Waals surface area contributed by atoms with Crippen LogP contribution in [0.5, 0.6) is 0 Å². The van der Waals surface area contributed by atoms with Crippen molar-refractivity contribution in [3.8, 4) is 0 Å². The monoisotopic (exact) mass is 144 g/mol. The molecule has 2 nitrogen and oxygen atoms in total. The summed E-state index contributed by atoms with van der Waals surface area (Å²) in [6.07, 6.45) is 1.48. The summed E-state index contributed by atoms with van der Waals surface area (Å²) in [5, 5.41) is -0.900. The van der Waals surface area contributed by atoms with Crippen molar-refractivity contribution in [2.45, 2.75) is 6.54 Å². The third-order valence-electron chi connectivity index (χ3n) is 1.01. The Balaban J connectivity index is 2.59. The van der Waals surface area contributed by atoms with Gasteiger partial charge in [-0.05, 0) is 12.1 Å². The van der Waals surface area contributed by atoms with Crippen molar-refractivity contribution in [2.24, 2.45) is 0 Å². The SMILES string of the molecule is FN(F)Cc1ccccn1. The van der Waals surface area contributed by atoms with Gasteiger partial charge in [-0.1, -0.05) is 6.07 Å². The van der Waals surface area contributed by atoms with Crippen molar-refractivity contribution in [1.29, 1.82) is 0 Å². The van der Waals surface area contributed by atoms with E-state index in [-0.39, 0.29) is 0 Å². The van der Waals surface area contributed by atoms with Crippen LogP contribution >= 0.6 is 0 Å². The maximum Gasteiger partial charge on any atom is 0.104 e. The summed E-state index contributed by atoms with van der Waals surface area (Å²) >= 11 is 0. The fourth-order valence-electron chi connectivity index (χ4n) is 0.614. The third-order valence-corrected chi connectivity index (χ3v) is 1.01. The van der Waals surface area contributed by atoms with Gasteiger partial charge in [0.05, 0.1) is 5.69 Å². The molecular weight excluding hydrogens is 138 g/mol. The van der Waals surface area contributed by atoms with E-state index >= 15 is 0 Å². The van der Waals surface area contributed by atoms with E-state index in [0.29, 0.717) is 5.69 Å². The standard InChI is InChI=1S/C6H6F2N2/c7-10(8)5-6-3-1-2-4-9-6/h1-4H,5H2. The molecule has 0 fully saturated rings. The summed E-state index contributed by atoms with van der Waals surface area (Å²) in [6, 6.07) is 4.91. The molecule has 0 aliphatic rings. The minimum absolute atomic E-state index is 0.368. The van der Waals surface area contributed by atoms with E-state index in [1.807, 2.05) is 0 Å². The molecule has 0 unspecified atom stereocenters. The highest BCUT2D eigenvalue weighted by Crippen LogP contribution is 2.00. The summed E-state index contributed by atoms with van der Waals surface area (Å²) in [5.74, 6) is 0. The van der Waals surface area contributed by atoms with Gasteiger partial charge in [-0.25, -0.2) is 0 Å². The summed E-state index contributed by atoms with van der Waals surface area (Å²) in [6.45, 7) is -0.416. The average molecular weight is 144 g/mol. The molecule has 0 saturated carbocycles. The van der Waals surface area contributed by atoms with Gasteiger partial charge in [-0.15, -0.1) is 8.96 Å². The Morgan fingerprint density at radius 3 is 2.70 bits per heavy atom. The van der Waals surface area contributed by atoms with Gasteiger partial charge in [0.2, 0.25) is 0 Å². The van der Waals surface area contributed by atoms with E-state index in [1.54, 1.807) is 18.2 Å². The van der Waals surface area contributed by atoms with Crippen molar-refractivity contribution in [2.75, 3.05) is 0 Å². The van der Waals surface area contributed by atoms with Gasteiger partial charge in [0.1, 0.15) is 6.54 Å². The fraction of sp³-hybridized carbons (Fsp3) is 0.167. The first kappa shape index (κ1) is 7.08. The Bertz CT molecular complexity index is 188. The van der Waals surface area contributed by atoms with Crippen LogP contribution in [-0.2, 0) is 6.54 Å². The van der Waals surface area contributed by atoms with Gasteiger partial charge >= 0.3 is 0 Å². The maximum absolute atomic E-state index is 11.5. The molecule has 1 heterocycles. The molecule has 0 spiro atoms. The molecule has 0 radical (unpaired) electrons. The molecule has 0 atom stereocenters. The molecule has 0 aliphatic heterocycles. The van der Waals surface area contributed by atoms with E-state index in [1.165, 1.54) is 6.20 Å². The van der Waals surface area contributed by atoms with Gasteiger partial charge in [0, 0.05) is 11.5 Å². The van der Waals surface area contributed by atoms with Crippen molar-refractivity contribution < 1.29 is 8.96 Å². The first-order valence-electron chi connectivity index (χ1n) is 2.78. The Hall–Kier alpha value is -1.03. The molecule has 0 N–H and O–H groups in total. The number of rotatable bonds is 2. The maximum atomic E-state index is 11.5. The lowest BCUT2D eigenvalue weighted by atomic mass is 10.4. The first-order valence-corrected chi connectivity index (χ1v) is 2.78. The van der Waals surface area contributed by atoms with E-state index < -0.39 is 11.9 Å². The normalized spacial score (nSPS) is 10.3. The zero-order valence-corrected chi connectivity index (χ0v) is 5.17. The Labute approximate surface area is 57.0 Å². The molecule has 4 heteroatoms. The molecule has 1 aromatic heterocycles. The molecule has 0 aromatic carbocycles. The minimum atomic E-state index is -0.900. The molecular formula is C6H6F2N2. The van der Waals surface area contributed by atoms with Crippen LogP contribution in [-0.4, -0.2) is 10.3 Å². The molecule has 54 valence electrons. The average Bonchev–Trinajstić information content (AvgIpc) is 1.88. The van der Waals surface area contributed by atoms with Gasteiger partial charge in [0.25, 0.3) is 0 Å². The number of aromatic nitrogens is 1. The molecule has 10 heavy (non-hydrogen) atoms. The smallest absolute Gasteiger partial charge is 0.104 e. The highest BCUT2D eigenvalue weighted by Gasteiger charge is 2.00. The Morgan fingerprint density at radius 2 is 2.20 bits per heavy atom. The van der Waals surface area contributed by atoms with Crippen molar-refractivity contribution in [3.05, 3.63) is 30.1 Å². The van der Waals surface area contributed by atoms with Crippen molar-refractivity contribution in [3.63, 3.8) is 0 Å². The third kappa shape index (κ3) is 2.06. The zero-order valence-electron chi connectivity index (χ0n) is 5.17. The van der Waals surface area contributed by atoms with E-state index in [9.17, 15) is 8.96 Å². The number of pyridine rings is 1. The predicted molar refractivity (Wildman–Crippen MR) is 32.0 cm³/mol. The number of hydrogen-bond acceptors (Lipinski definition) is 2. The summed E-state index contributed by atoms with van der Waals surface area (Å²) in [7, 11) is 0. The molecule has 0 aliphatic carbocycles. The van der Waals surface area contributed by atoms with Crippen molar-refractivity contribution >= 4 is 0 Å². The minimum Gasteiger partial charge on any atom is -0.260 e. The number of nitrogens with zero attached hydrogens (tertiary/aromatic N) is 2. The van der Waals surface area contributed by atoms with Gasteiger partial charge < -0.3 is 0 Å². The largest absolute Gasteiger partial charge is 0.260 e. The van der Waals surface area contributed by atoms with Gasteiger partial charge in [0.15, 0.2) is 0 Å². The molecule has 1 aromatic rings. The summed E-state index contributed by atoms with van der Waals surface area (Å²) in [4.78, 5) is 3.70. The van der Waals surface area contributed by atoms with Crippen LogP contribution in [0.4, 0.5) is 8.96 Å². The molecule has 0 bridgehead atoms. The van der Waals surface area contributed by atoms with Crippen LogP contribution in [0.3, 0.4) is 0 Å². The van der Waals surface area contributed by atoms with Gasteiger partial charge in [-0.2, -0.15) is 0 Å². The van der Waals surface area contributed by atoms with Crippen LogP contribution in [0.25, 0.3) is 0 Å². The Morgan fingerprint density at radius 1 is 1.40 bits per heavy atom. The van der Waals surface area contributed by atoms with Crippen LogP contribution in [0, 0.1) is 0 Å². The summed E-state index contributed by atoms with van der Waals surface area (Å²) in [5.41, 5.74) is 0.368. The molecule has 0 amide bonds. The predicted octanol–water partition coefficient (Wildman–Crippen LogP) is 1.65. The van der Waals surface area contributed by atoms with E-state index in [0.717, 1.165) is 0 Å². The quantitative estimate of drug-likeness (QED) is 0.587. The molecule has 1 rings (SSSR count). The Kier molecular flexibility index (Phi) is 2.28. The topological polar surface area (TPSA) is 16.1 Å². The lowest BCUT2D eigenvalue weighted by Gasteiger charge is -1.97. The highest BCUT2D eigenvalue weighted by molar-refractivity contribution is 5.02. The van der Waals surface area contributed by atoms with Crippen LogP contribution < -0.4 is 0 Å². The number of halogens is 2.